The number of rotatable bonds is 4. The molecule has 0 aliphatic carbocycles. The largest absolute Gasteiger partial charge is 0.152 e. The minimum atomic E-state index is 0.0745. The predicted octanol–water partition coefficient (Wildman–Crippen LogP) is 4.99. The van der Waals surface area contributed by atoms with Crippen LogP contribution in [0.2, 0.25) is 0 Å². The Morgan fingerprint density at radius 3 is 2.56 bits per heavy atom. The number of thiophene rings is 1. The normalized spacial score (nSPS) is 12.6. The predicted molar refractivity (Wildman–Crippen MR) is 74.8 cm³/mol. The molecule has 1 atom stereocenters. The molecule has 0 fully saturated rings. The molecule has 0 radical (unpaired) electrons. The fourth-order valence-corrected chi connectivity index (χ4v) is 2.96. The van der Waals surface area contributed by atoms with Gasteiger partial charge in [0.2, 0.25) is 0 Å². The second-order valence-electron chi connectivity index (χ2n) is 3.58. The van der Waals surface area contributed by atoms with E-state index >= 15 is 0 Å². The third kappa shape index (κ3) is 3.03. The summed E-state index contributed by atoms with van der Waals surface area (Å²) in [6.07, 6.45) is 2.99. The number of hydrogen-bond donors (Lipinski definition) is 0. The smallest absolute Gasteiger partial charge is 0.0625 e. The van der Waals surface area contributed by atoms with E-state index in [1.54, 1.807) is 23.1 Å². The Hall–Kier alpha value is -0.440. The molecule has 2 rings (SSSR count). The molecular weight excluding hydrogens is 256 g/mol. The highest BCUT2D eigenvalue weighted by Gasteiger charge is 2.08. The maximum absolute atomic E-state index is 6.39. The van der Waals surface area contributed by atoms with Crippen LogP contribution in [0.1, 0.15) is 16.5 Å². The van der Waals surface area contributed by atoms with Gasteiger partial charge in [0.15, 0.2) is 0 Å². The van der Waals surface area contributed by atoms with E-state index in [-0.39, 0.29) is 5.38 Å². The van der Waals surface area contributed by atoms with Crippen molar-refractivity contribution in [3.8, 4) is 0 Å². The van der Waals surface area contributed by atoms with Crippen molar-refractivity contribution in [1.82, 2.24) is 0 Å². The maximum Gasteiger partial charge on any atom is 0.0625 e. The minimum Gasteiger partial charge on any atom is -0.152 e. The summed E-state index contributed by atoms with van der Waals surface area (Å²) in [5.74, 6) is 0. The fraction of sp³-hybridized carbons (Fsp3) is 0.231. The van der Waals surface area contributed by atoms with Crippen LogP contribution in [0.4, 0.5) is 0 Å². The Labute approximate surface area is 110 Å². The molecule has 0 spiro atoms. The Balaban J connectivity index is 2.05. The van der Waals surface area contributed by atoms with Crippen molar-refractivity contribution in [3.63, 3.8) is 0 Å². The zero-order chi connectivity index (χ0) is 11.4. The van der Waals surface area contributed by atoms with Crippen LogP contribution < -0.4 is 0 Å². The van der Waals surface area contributed by atoms with Gasteiger partial charge >= 0.3 is 0 Å². The number of halogens is 1. The Bertz CT molecular complexity index is 420. The molecular formula is C13H13ClS2. The monoisotopic (exact) mass is 268 g/mol. The van der Waals surface area contributed by atoms with Gasteiger partial charge in [-0.1, -0.05) is 12.1 Å². The number of alkyl halides is 1. The van der Waals surface area contributed by atoms with Gasteiger partial charge in [0.25, 0.3) is 0 Å². The highest BCUT2D eigenvalue weighted by Crippen LogP contribution is 2.27. The molecule has 0 nitrogen and oxygen atoms in total. The first kappa shape index (κ1) is 12.0. The average Bonchev–Trinajstić information content (AvgIpc) is 2.82. The van der Waals surface area contributed by atoms with Crippen LogP contribution in [0.25, 0.3) is 0 Å². The molecule has 0 saturated carbocycles. The summed E-state index contributed by atoms with van der Waals surface area (Å²) in [6.45, 7) is 0. The first-order chi connectivity index (χ1) is 7.79. The lowest BCUT2D eigenvalue weighted by Crippen LogP contribution is -1.94. The highest BCUT2D eigenvalue weighted by molar-refractivity contribution is 7.98. The van der Waals surface area contributed by atoms with Gasteiger partial charge in [-0.25, -0.2) is 0 Å². The standard InChI is InChI=1S/C13H13ClS2/c1-15-12-4-2-11(3-5-12)13(14)8-10-6-7-16-9-10/h2-7,9,13H,8H2,1H3. The van der Waals surface area contributed by atoms with E-state index in [1.165, 1.54) is 16.0 Å². The highest BCUT2D eigenvalue weighted by atomic mass is 35.5. The van der Waals surface area contributed by atoms with Crippen LogP contribution in [0, 0.1) is 0 Å². The molecule has 84 valence electrons. The van der Waals surface area contributed by atoms with Crippen LogP contribution in [0.15, 0.2) is 46.0 Å². The molecule has 1 aromatic heterocycles. The number of benzene rings is 1. The first-order valence-corrected chi connectivity index (χ1v) is 7.69. The maximum atomic E-state index is 6.39. The van der Waals surface area contributed by atoms with Crippen LogP contribution in [0.3, 0.4) is 0 Å². The van der Waals surface area contributed by atoms with Crippen molar-refractivity contribution >= 4 is 34.7 Å². The zero-order valence-electron chi connectivity index (χ0n) is 9.02. The van der Waals surface area contributed by atoms with Crippen LogP contribution in [-0.2, 0) is 6.42 Å². The van der Waals surface area contributed by atoms with E-state index in [0.29, 0.717) is 0 Å². The molecule has 2 aromatic rings. The number of hydrogen-bond acceptors (Lipinski definition) is 2. The molecule has 1 heterocycles. The second-order valence-corrected chi connectivity index (χ2v) is 5.76. The van der Waals surface area contributed by atoms with Crippen LogP contribution in [0.5, 0.6) is 0 Å². The molecule has 0 bridgehead atoms. The molecule has 0 amide bonds. The minimum absolute atomic E-state index is 0.0745. The van der Waals surface area contributed by atoms with Gasteiger partial charge in [0.05, 0.1) is 5.38 Å². The van der Waals surface area contributed by atoms with Gasteiger partial charge in [0, 0.05) is 4.90 Å². The fourth-order valence-electron chi connectivity index (χ4n) is 1.55. The van der Waals surface area contributed by atoms with E-state index in [4.69, 9.17) is 11.6 Å². The Kier molecular flexibility index (Phi) is 4.33. The summed E-state index contributed by atoms with van der Waals surface area (Å²) in [5.41, 5.74) is 2.52. The third-order valence-electron chi connectivity index (χ3n) is 2.47. The summed E-state index contributed by atoms with van der Waals surface area (Å²) in [7, 11) is 0. The molecule has 0 saturated heterocycles. The van der Waals surface area contributed by atoms with Gasteiger partial charge in [0.1, 0.15) is 0 Å². The van der Waals surface area contributed by atoms with E-state index in [9.17, 15) is 0 Å². The van der Waals surface area contributed by atoms with E-state index in [2.05, 4.69) is 47.3 Å². The van der Waals surface area contributed by atoms with Gasteiger partial charge in [-0.05, 0) is 52.8 Å². The molecule has 0 aliphatic heterocycles. The quantitative estimate of drug-likeness (QED) is 0.556. The van der Waals surface area contributed by atoms with Crippen LogP contribution >= 0.6 is 34.7 Å². The topological polar surface area (TPSA) is 0 Å². The van der Waals surface area contributed by atoms with Crippen molar-refractivity contribution in [1.29, 1.82) is 0 Å². The van der Waals surface area contributed by atoms with Gasteiger partial charge < -0.3 is 0 Å². The average molecular weight is 269 g/mol. The van der Waals surface area contributed by atoms with Crippen molar-refractivity contribution in [2.75, 3.05) is 6.26 Å². The summed E-state index contributed by atoms with van der Waals surface area (Å²) in [6, 6.07) is 10.6. The molecule has 1 aromatic carbocycles. The van der Waals surface area contributed by atoms with Crippen molar-refractivity contribution < 1.29 is 0 Å². The SMILES string of the molecule is CSc1ccc(C(Cl)Cc2ccsc2)cc1. The zero-order valence-corrected chi connectivity index (χ0v) is 11.4. The summed E-state index contributed by atoms with van der Waals surface area (Å²) in [5, 5.41) is 4.33. The lowest BCUT2D eigenvalue weighted by atomic mass is 10.1. The second kappa shape index (κ2) is 5.76. The van der Waals surface area contributed by atoms with E-state index < -0.39 is 0 Å². The molecule has 3 heteroatoms. The first-order valence-electron chi connectivity index (χ1n) is 5.08. The Morgan fingerprint density at radius 2 is 2.00 bits per heavy atom. The summed E-state index contributed by atoms with van der Waals surface area (Å²) < 4.78 is 0. The van der Waals surface area contributed by atoms with Gasteiger partial charge in [-0.3, -0.25) is 0 Å². The van der Waals surface area contributed by atoms with Gasteiger partial charge in [-0.15, -0.1) is 23.4 Å². The third-order valence-corrected chi connectivity index (χ3v) is 4.35. The molecule has 1 unspecified atom stereocenters. The Morgan fingerprint density at radius 1 is 1.25 bits per heavy atom. The van der Waals surface area contributed by atoms with Crippen LogP contribution in [-0.4, -0.2) is 6.26 Å². The van der Waals surface area contributed by atoms with Crippen molar-refractivity contribution in [2.45, 2.75) is 16.7 Å². The lowest BCUT2D eigenvalue weighted by molar-refractivity contribution is 0.922. The molecule has 16 heavy (non-hydrogen) atoms. The molecule has 0 N–H and O–H groups in total. The van der Waals surface area contributed by atoms with E-state index in [1.807, 2.05) is 0 Å². The lowest BCUT2D eigenvalue weighted by Gasteiger charge is -2.09. The van der Waals surface area contributed by atoms with Crippen molar-refractivity contribution in [3.05, 3.63) is 52.2 Å². The summed E-state index contributed by atoms with van der Waals surface area (Å²) >= 11 is 9.87. The van der Waals surface area contributed by atoms with Gasteiger partial charge in [-0.2, -0.15) is 11.3 Å². The number of thioether (sulfide) groups is 1. The van der Waals surface area contributed by atoms with E-state index in [0.717, 1.165) is 6.42 Å². The molecule has 0 aliphatic rings. The van der Waals surface area contributed by atoms with Crippen molar-refractivity contribution in [2.24, 2.45) is 0 Å². The summed E-state index contributed by atoms with van der Waals surface area (Å²) in [4.78, 5) is 1.28.